The molecule has 16 heavy (non-hydrogen) atoms. The first-order valence-corrected chi connectivity index (χ1v) is 4.62. The third kappa shape index (κ3) is 1.85. The highest BCUT2D eigenvalue weighted by molar-refractivity contribution is 5.96. The third-order valence-electron chi connectivity index (χ3n) is 2.09. The van der Waals surface area contributed by atoms with E-state index in [0.717, 1.165) is 0 Å². The summed E-state index contributed by atoms with van der Waals surface area (Å²) in [6.07, 6.45) is 1.56. The standard InChI is InChI=1S/C10H9N3O3/c14-9(15)7-1-3-8(4-2-7)13-10(16)11-5-6-12-13/h1-4,6H,5H2,(H,11,16)(H,14,15). The van der Waals surface area contributed by atoms with Crippen LogP contribution in [0.5, 0.6) is 0 Å². The largest absolute Gasteiger partial charge is 0.478 e. The molecule has 0 spiro atoms. The van der Waals surface area contributed by atoms with E-state index in [1.807, 2.05) is 0 Å². The molecule has 1 aliphatic heterocycles. The van der Waals surface area contributed by atoms with Crippen LogP contribution in [0.3, 0.4) is 0 Å². The van der Waals surface area contributed by atoms with Crippen molar-refractivity contribution in [1.29, 1.82) is 0 Å². The van der Waals surface area contributed by atoms with Crippen LogP contribution in [-0.4, -0.2) is 29.9 Å². The fourth-order valence-electron chi connectivity index (χ4n) is 1.31. The van der Waals surface area contributed by atoms with Crippen molar-refractivity contribution in [3.05, 3.63) is 29.8 Å². The van der Waals surface area contributed by atoms with Crippen molar-refractivity contribution < 1.29 is 14.7 Å². The minimum atomic E-state index is -1.00. The van der Waals surface area contributed by atoms with Crippen LogP contribution in [-0.2, 0) is 0 Å². The SMILES string of the molecule is O=C(O)c1ccc(N2N=CCNC2=O)cc1. The normalized spacial score (nSPS) is 14.8. The molecule has 0 aromatic heterocycles. The number of carboxylic acid groups (broad SMARTS) is 1. The Balaban J connectivity index is 2.27. The van der Waals surface area contributed by atoms with Gasteiger partial charge in [-0.15, -0.1) is 0 Å². The number of urea groups is 1. The summed E-state index contributed by atoms with van der Waals surface area (Å²) in [4.78, 5) is 22.0. The summed E-state index contributed by atoms with van der Waals surface area (Å²) in [6, 6.07) is 5.59. The molecule has 1 aliphatic rings. The molecule has 0 radical (unpaired) electrons. The first kappa shape index (κ1) is 10.2. The lowest BCUT2D eigenvalue weighted by Crippen LogP contribution is -2.41. The molecule has 0 unspecified atom stereocenters. The summed E-state index contributed by atoms with van der Waals surface area (Å²) in [7, 11) is 0. The first-order valence-electron chi connectivity index (χ1n) is 4.62. The predicted octanol–water partition coefficient (Wildman–Crippen LogP) is 0.900. The molecule has 2 rings (SSSR count). The maximum atomic E-state index is 11.4. The highest BCUT2D eigenvalue weighted by Gasteiger charge is 2.16. The Morgan fingerprint density at radius 3 is 2.62 bits per heavy atom. The Morgan fingerprint density at radius 2 is 2.06 bits per heavy atom. The molecule has 2 N–H and O–H groups in total. The van der Waals surface area contributed by atoms with Crippen LogP contribution in [0.25, 0.3) is 0 Å². The van der Waals surface area contributed by atoms with Crippen molar-refractivity contribution in [2.24, 2.45) is 5.10 Å². The molecule has 82 valence electrons. The number of amides is 2. The second kappa shape index (κ2) is 4.01. The maximum absolute atomic E-state index is 11.4. The number of hydrazone groups is 1. The molecule has 6 heteroatoms. The maximum Gasteiger partial charge on any atom is 0.342 e. The third-order valence-corrected chi connectivity index (χ3v) is 2.09. The quantitative estimate of drug-likeness (QED) is 0.775. The Hall–Kier alpha value is -2.37. The van der Waals surface area contributed by atoms with Crippen LogP contribution in [0.15, 0.2) is 29.4 Å². The zero-order valence-electron chi connectivity index (χ0n) is 8.25. The smallest absolute Gasteiger partial charge is 0.342 e. The minimum Gasteiger partial charge on any atom is -0.478 e. The van der Waals surface area contributed by atoms with Gasteiger partial charge in [0, 0.05) is 6.21 Å². The van der Waals surface area contributed by atoms with Gasteiger partial charge in [-0.3, -0.25) is 0 Å². The van der Waals surface area contributed by atoms with Crippen LogP contribution < -0.4 is 10.3 Å². The summed E-state index contributed by atoms with van der Waals surface area (Å²) in [5, 5.41) is 16.4. The van der Waals surface area contributed by atoms with Crippen LogP contribution in [0, 0.1) is 0 Å². The summed E-state index contributed by atoms with van der Waals surface area (Å²) in [5.74, 6) is -1.00. The molecular formula is C10H9N3O3. The number of aromatic carboxylic acids is 1. The van der Waals surface area contributed by atoms with Crippen molar-refractivity contribution in [3.63, 3.8) is 0 Å². The van der Waals surface area contributed by atoms with E-state index in [0.29, 0.717) is 12.2 Å². The van der Waals surface area contributed by atoms with Crippen molar-refractivity contribution in [2.75, 3.05) is 11.6 Å². The van der Waals surface area contributed by atoms with E-state index >= 15 is 0 Å². The van der Waals surface area contributed by atoms with Gasteiger partial charge in [0.25, 0.3) is 0 Å². The lowest BCUT2D eigenvalue weighted by Gasteiger charge is -2.20. The van der Waals surface area contributed by atoms with E-state index in [4.69, 9.17) is 5.11 Å². The molecule has 1 aromatic carbocycles. The molecule has 1 heterocycles. The highest BCUT2D eigenvalue weighted by Crippen LogP contribution is 2.16. The van der Waals surface area contributed by atoms with Gasteiger partial charge in [0.1, 0.15) is 0 Å². The summed E-state index contributed by atoms with van der Waals surface area (Å²) in [6.45, 7) is 0.405. The van der Waals surface area contributed by atoms with Gasteiger partial charge >= 0.3 is 12.0 Å². The lowest BCUT2D eigenvalue weighted by molar-refractivity contribution is 0.0697. The van der Waals surface area contributed by atoms with Gasteiger partial charge in [-0.05, 0) is 24.3 Å². The fourth-order valence-corrected chi connectivity index (χ4v) is 1.31. The second-order valence-electron chi connectivity index (χ2n) is 3.15. The molecule has 2 amide bonds. The van der Waals surface area contributed by atoms with E-state index in [2.05, 4.69) is 10.4 Å². The van der Waals surface area contributed by atoms with E-state index in [1.54, 1.807) is 6.21 Å². The van der Waals surface area contributed by atoms with Gasteiger partial charge in [-0.25, -0.2) is 9.59 Å². The molecule has 0 atom stereocenters. The van der Waals surface area contributed by atoms with Crippen LogP contribution in [0.2, 0.25) is 0 Å². The van der Waals surface area contributed by atoms with Gasteiger partial charge in [0.2, 0.25) is 0 Å². The number of rotatable bonds is 2. The van der Waals surface area contributed by atoms with E-state index < -0.39 is 5.97 Å². The van der Waals surface area contributed by atoms with Crippen molar-refractivity contribution in [1.82, 2.24) is 5.32 Å². The van der Waals surface area contributed by atoms with Gasteiger partial charge in [-0.2, -0.15) is 10.1 Å². The molecule has 0 saturated carbocycles. The van der Waals surface area contributed by atoms with Crippen LogP contribution in [0.1, 0.15) is 10.4 Å². The zero-order chi connectivity index (χ0) is 11.5. The van der Waals surface area contributed by atoms with Gasteiger partial charge in [0.15, 0.2) is 0 Å². The number of hydrogen-bond acceptors (Lipinski definition) is 3. The number of carbonyl (C=O) groups is 2. The van der Waals surface area contributed by atoms with Crippen molar-refractivity contribution in [2.45, 2.75) is 0 Å². The van der Waals surface area contributed by atoms with Crippen LogP contribution >= 0.6 is 0 Å². The Bertz CT molecular complexity index is 453. The molecular weight excluding hydrogens is 210 g/mol. The number of benzene rings is 1. The van der Waals surface area contributed by atoms with Crippen molar-refractivity contribution in [3.8, 4) is 0 Å². The highest BCUT2D eigenvalue weighted by atomic mass is 16.4. The van der Waals surface area contributed by atoms with Gasteiger partial charge in [-0.1, -0.05) is 0 Å². The summed E-state index contributed by atoms with van der Waals surface area (Å²) < 4.78 is 0. The van der Waals surface area contributed by atoms with Crippen molar-refractivity contribution >= 4 is 23.9 Å². The summed E-state index contributed by atoms with van der Waals surface area (Å²) in [5.41, 5.74) is 0.698. The molecule has 0 bridgehead atoms. The molecule has 0 saturated heterocycles. The van der Waals surface area contributed by atoms with Crippen LogP contribution in [0.4, 0.5) is 10.5 Å². The molecule has 6 nitrogen and oxygen atoms in total. The average molecular weight is 219 g/mol. The molecule has 0 aliphatic carbocycles. The van der Waals surface area contributed by atoms with E-state index in [9.17, 15) is 9.59 Å². The monoisotopic (exact) mass is 219 g/mol. The van der Waals surface area contributed by atoms with E-state index in [1.165, 1.54) is 29.3 Å². The summed E-state index contributed by atoms with van der Waals surface area (Å²) >= 11 is 0. The van der Waals surface area contributed by atoms with E-state index in [-0.39, 0.29) is 11.6 Å². The topological polar surface area (TPSA) is 82.0 Å². The molecule has 0 fully saturated rings. The first-order chi connectivity index (χ1) is 7.68. The van der Waals surface area contributed by atoms with Gasteiger partial charge in [0.05, 0.1) is 17.8 Å². The Morgan fingerprint density at radius 1 is 1.38 bits per heavy atom. The zero-order valence-corrected chi connectivity index (χ0v) is 8.25. The number of carboxylic acids is 1. The number of nitrogens with zero attached hydrogens (tertiary/aromatic N) is 2. The second-order valence-corrected chi connectivity index (χ2v) is 3.15. The fraction of sp³-hybridized carbons (Fsp3) is 0.100. The number of nitrogens with one attached hydrogen (secondary N) is 1. The minimum absolute atomic E-state index is 0.171. The average Bonchev–Trinajstić information content (AvgIpc) is 2.30. The Kier molecular flexibility index (Phi) is 2.55. The predicted molar refractivity (Wildman–Crippen MR) is 57.8 cm³/mol. The number of carbonyl (C=O) groups excluding carboxylic acids is 1. The lowest BCUT2D eigenvalue weighted by atomic mass is 10.2. The van der Waals surface area contributed by atoms with Gasteiger partial charge < -0.3 is 10.4 Å². The molecule has 1 aromatic rings. The number of anilines is 1. The number of hydrogen-bond donors (Lipinski definition) is 2. The Labute approximate surface area is 91.2 Å².